The maximum Gasteiger partial charge on any atom is 0.224 e. The van der Waals surface area contributed by atoms with Crippen LogP contribution in [-0.2, 0) is 0 Å². The Labute approximate surface area is 167 Å². The average molecular weight is 384 g/mol. The first-order valence-electron chi connectivity index (χ1n) is 10.6. The van der Waals surface area contributed by atoms with Gasteiger partial charge in [-0.25, -0.2) is 4.98 Å². The third-order valence-electron chi connectivity index (χ3n) is 6.91. The number of fused-ring (bicyclic) bond motifs is 1. The number of allylic oxidation sites excluding steroid dienone is 1. The van der Waals surface area contributed by atoms with Crippen LogP contribution in [0.15, 0.2) is 24.0 Å². The molecule has 1 aliphatic heterocycles. The zero-order valence-corrected chi connectivity index (χ0v) is 17.3. The van der Waals surface area contributed by atoms with Crippen LogP contribution < -0.4 is 16.0 Å². The molecule has 0 bridgehead atoms. The van der Waals surface area contributed by atoms with Gasteiger partial charge in [0.05, 0.1) is 11.2 Å². The summed E-state index contributed by atoms with van der Waals surface area (Å²) in [5, 5.41) is 13.8. The number of aliphatic hydroxyl groups is 1. The Morgan fingerprint density at radius 2 is 1.89 bits per heavy atom. The largest absolute Gasteiger partial charge is 0.398 e. The molecule has 6 nitrogen and oxygen atoms in total. The van der Waals surface area contributed by atoms with Crippen molar-refractivity contribution in [2.75, 3.05) is 10.2 Å². The lowest BCUT2D eigenvalue weighted by molar-refractivity contribution is -0.000413. The van der Waals surface area contributed by atoms with E-state index < -0.39 is 5.60 Å². The predicted molar refractivity (Wildman–Crippen MR) is 114 cm³/mol. The number of hydrogen-bond donors (Lipinski definition) is 3. The van der Waals surface area contributed by atoms with Crippen molar-refractivity contribution in [2.45, 2.75) is 83.4 Å². The van der Waals surface area contributed by atoms with Crippen molar-refractivity contribution >= 4 is 17.5 Å². The highest BCUT2D eigenvalue weighted by molar-refractivity contribution is 5.83. The van der Waals surface area contributed by atoms with E-state index in [1.54, 1.807) is 0 Å². The molecule has 0 spiro atoms. The van der Waals surface area contributed by atoms with Crippen molar-refractivity contribution in [1.82, 2.24) is 9.97 Å². The van der Waals surface area contributed by atoms with Gasteiger partial charge in [0.15, 0.2) is 0 Å². The van der Waals surface area contributed by atoms with Crippen molar-refractivity contribution in [3.05, 3.63) is 29.6 Å². The normalized spacial score (nSPS) is 26.1. The minimum Gasteiger partial charge on any atom is -0.398 e. The Bertz CT molecular complexity index is 798. The highest BCUT2D eigenvalue weighted by Gasteiger charge is 2.35. The lowest BCUT2D eigenvalue weighted by Gasteiger charge is -2.43. The summed E-state index contributed by atoms with van der Waals surface area (Å²) in [5.74, 6) is 1.91. The van der Waals surface area contributed by atoms with Gasteiger partial charge in [0.2, 0.25) is 5.95 Å². The van der Waals surface area contributed by atoms with E-state index in [4.69, 9.17) is 10.7 Å². The quantitative estimate of drug-likeness (QED) is 0.733. The number of hydrogen-bond acceptors (Lipinski definition) is 6. The van der Waals surface area contributed by atoms with Crippen molar-refractivity contribution in [2.24, 2.45) is 11.7 Å². The highest BCUT2D eigenvalue weighted by Crippen LogP contribution is 2.41. The third kappa shape index (κ3) is 3.39. The van der Waals surface area contributed by atoms with Crippen LogP contribution in [0.3, 0.4) is 0 Å². The Morgan fingerprint density at radius 3 is 2.46 bits per heavy atom. The van der Waals surface area contributed by atoms with Crippen LogP contribution in [0.1, 0.15) is 71.3 Å². The highest BCUT2D eigenvalue weighted by atomic mass is 16.3. The summed E-state index contributed by atoms with van der Waals surface area (Å²) in [4.78, 5) is 11.7. The van der Waals surface area contributed by atoms with Crippen LogP contribution in [0, 0.1) is 5.92 Å². The minimum atomic E-state index is -0.599. The summed E-state index contributed by atoms with van der Waals surface area (Å²) >= 11 is 0. The van der Waals surface area contributed by atoms with Crippen LogP contribution in [-0.4, -0.2) is 32.8 Å². The fraction of sp³-hybridized carbons (Fsp3) is 0.636. The second kappa shape index (κ2) is 7.07. The second-order valence-corrected chi connectivity index (χ2v) is 9.22. The Balaban J connectivity index is 1.54. The van der Waals surface area contributed by atoms with Gasteiger partial charge in [0, 0.05) is 29.7 Å². The van der Waals surface area contributed by atoms with Gasteiger partial charge >= 0.3 is 0 Å². The Kier molecular flexibility index (Phi) is 4.86. The van der Waals surface area contributed by atoms with Gasteiger partial charge in [0.1, 0.15) is 5.82 Å². The smallest absolute Gasteiger partial charge is 0.224 e. The number of nitrogens with two attached hydrogens (primary N) is 1. The van der Waals surface area contributed by atoms with E-state index in [1.807, 2.05) is 27.0 Å². The molecule has 2 saturated carbocycles. The van der Waals surface area contributed by atoms with Crippen molar-refractivity contribution in [3.8, 4) is 0 Å². The van der Waals surface area contributed by atoms with Crippen LogP contribution in [0.2, 0.25) is 0 Å². The standard InChI is InChI=1S/C22H33N5O/c1-13-14(2)27(17-6-5-7-17)20-18(19(13)23)12-24-21(26-20)25-16-10-8-15(9-11-16)22(3,4)28/h12,15-17,28H,2,5-11,23H2,1,3-4H3,(H,24,25,26). The van der Waals surface area contributed by atoms with Crippen molar-refractivity contribution in [1.29, 1.82) is 0 Å². The zero-order valence-electron chi connectivity index (χ0n) is 17.3. The molecule has 0 amide bonds. The number of rotatable bonds is 4. The fourth-order valence-corrected chi connectivity index (χ4v) is 4.65. The molecular formula is C22H33N5O. The summed E-state index contributed by atoms with van der Waals surface area (Å²) in [5.41, 5.74) is 9.39. The third-order valence-corrected chi connectivity index (χ3v) is 6.91. The van der Waals surface area contributed by atoms with E-state index >= 15 is 0 Å². The molecule has 4 rings (SSSR count). The summed E-state index contributed by atoms with van der Waals surface area (Å²) < 4.78 is 0. The van der Waals surface area contributed by atoms with E-state index in [2.05, 4.69) is 21.8 Å². The molecule has 152 valence electrons. The molecule has 2 heterocycles. The SMILES string of the molecule is C=C1C(C)=C(N)c2cnc(NC3CCC(C(C)(C)O)CC3)nc2N1C1CCC1. The zero-order chi connectivity index (χ0) is 20.1. The number of anilines is 2. The molecule has 0 aromatic carbocycles. The van der Waals surface area contributed by atoms with Gasteiger partial charge < -0.3 is 21.1 Å². The first-order valence-corrected chi connectivity index (χ1v) is 10.6. The monoisotopic (exact) mass is 383 g/mol. The lowest BCUT2D eigenvalue weighted by Crippen LogP contribution is -2.43. The van der Waals surface area contributed by atoms with Gasteiger partial charge in [-0.3, -0.25) is 0 Å². The van der Waals surface area contributed by atoms with Gasteiger partial charge in [-0.1, -0.05) is 6.58 Å². The van der Waals surface area contributed by atoms with Gasteiger partial charge in [-0.05, 0) is 77.2 Å². The first kappa shape index (κ1) is 19.2. The van der Waals surface area contributed by atoms with Gasteiger partial charge in [0.25, 0.3) is 0 Å². The summed E-state index contributed by atoms with van der Waals surface area (Å²) in [6.45, 7) is 10.1. The van der Waals surface area contributed by atoms with E-state index in [0.29, 0.717) is 23.9 Å². The van der Waals surface area contributed by atoms with Crippen molar-refractivity contribution < 1.29 is 5.11 Å². The molecule has 6 heteroatoms. The fourth-order valence-electron chi connectivity index (χ4n) is 4.65. The van der Waals surface area contributed by atoms with Crippen LogP contribution in [0.5, 0.6) is 0 Å². The number of nitrogens with one attached hydrogen (secondary N) is 1. The lowest BCUT2D eigenvalue weighted by atomic mass is 9.77. The van der Waals surface area contributed by atoms with E-state index in [0.717, 1.165) is 54.0 Å². The van der Waals surface area contributed by atoms with Crippen LogP contribution in [0.4, 0.5) is 11.8 Å². The van der Waals surface area contributed by atoms with Crippen LogP contribution >= 0.6 is 0 Å². The summed E-state index contributed by atoms with van der Waals surface area (Å²) in [6.07, 6.45) is 9.52. The molecule has 28 heavy (non-hydrogen) atoms. The predicted octanol–water partition coefficient (Wildman–Crippen LogP) is 3.79. The molecule has 2 aliphatic carbocycles. The molecule has 0 saturated heterocycles. The van der Waals surface area contributed by atoms with E-state index in [-0.39, 0.29) is 0 Å². The second-order valence-electron chi connectivity index (χ2n) is 9.22. The van der Waals surface area contributed by atoms with E-state index in [1.165, 1.54) is 19.3 Å². The minimum absolute atomic E-state index is 0.343. The summed E-state index contributed by atoms with van der Waals surface area (Å²) in [7, 11) is 0. The molecule has 1 aromatic heterocycles. The van der Waals surface area contributed by atoms with E-state index in [9.17, 15) is 5.11 Å². The molecule has 1 aromatic rings. The molecule has 2 fully saturated rings. The molecule has 4 N–H and O–H groups in total. The first-order chi connectivity index (χ1) is 13.3. The molecule has 3 aliphatic rings. The summed E-state index contributed by atoms with van der Waals surface area (Å²) in [6, 6.07) is 0.800. The van der Waals surface area contributed by atoms with Crippen molar-refractivity contribution in [3.63, 3.8) is 0 Å². The molecular weight excluding hydrogens is 350 g/mol. The topological polar surface area (TPSA) is 87.3 Å². The average Bonchev–Trinajstić information content (AvgIpc) is 2.61. The number of nitrogens with zero attached hydrogens (tertiary/aromatic N) is 3. The number of aromatic nitrogens is 2. The maximum atomic E-state index is 10.3. The molecule has 0 atom stereocenters. The van der Waals surface area contributed by atoms with Gasteiger partial charge in [-0.2, -0.15) is 4.98 Å². The maximum absolute atomic E-state index is 10.3. The molecule has 0 unspecified atom stereocenters. The molecule has 0 radical (unpaired) electrons. The Hall–Kier alpha value is -2.08. The van der Waals surface area contributed by atoms with Gasteiger partial charge in [-0.15, -0.1) is 0 Å². The Morgan fingerprint density at radius 1 is 1.21 bits per heavy atom. The van der Waals surface area contributed by atoms with Crippen LogP contribution in [0.25, 0.3) is 5.70 Å².